The van der Waals surface area contributed by atoms with Crippen molar-refractivity contribution in [1.29, 1.82) is 21.0 Å². The average Bonchev–Trinajstić information content (AvgIpc) is 2.59. The Labute approximate surface area is 158 Å². The van der Waals surface area contributed by atoms with Crippen molar-refractivity contribution in [3.05, 3.63) is 66.6 Å². The Hall–Kier alpha value is -2.44. The Morgan fingerprint density at radius 2 is 0.625 bits per heavy atom. The van der Waals surface area contributed by atoms with E-state index < -0.39 is 0 Å². The van der Waals surface area contributed by atoms with E-state index in [1.165, 1.54) is 24.3 Å². The Balaban J connectivity index is 0.000000240. The highest BCUT2D eigenvalue weighted by Crippen LogP contribution is 2.25. The van der Waals surface area contributed by atoms with Gasteiger partial charge in [0, 0.05) is 0 Å². The summed E-state index contributed by atoms with van der Waals surface area (Å²) in [4.78, 5) is 0. The summed E-state index contributed by atoms with van der Waals surface area (Å²) >= 11 is 22.5. The van der Waals surface area contributed by atoms with E-state index in [0.717, 1.165) is 0 Å². The van der Waals surface area contributed by atoms with Gasteiger partial charge in [0.2, 0.25) is 0 Å². The number of halogens is 4. The maximum absolute atomic E-state index is 8.56. The molecule has 0 radical (unpaired) electrons. The van der Waals surface area contributed by atoms with Crippen LogP contribution in [0.15, 0.2) is 24.3 Å². The molecular formula is C16H4Cl4N4. The highest BCUT2D eigenvalue weighted by atomic mass is 35.5. The number of hydrogen-bond acceptors (Lipinski definition) is 4. The van der Waals surface area contributed by atoms with Gasteiger partial charge in [-0.1, -0.05) is 46.4 Å². The summed E-state index contributed by atoms with van der Waals surface area (Å²) in [6.45, 7) is 0. The molecule has 0 heterocycles. The first-order valence-corrected chi connectivity index (χ1v) is 7.47. The van der Waals surface area contributed by atoms with Crippen LogP contribution < -0.4 is 0 Å². The minimum atomic E-state index is 0.243. The van der Waals surface area contributed by atoms with Crippen LogP contribution in [0.1, 0.15) is 22.3 Å². The number of benzene rings is 2. The molecule has 8 heteroatoms. The van der Waals surface area contributed by atoms with Gasteiger partial charge in [-0.15, -0.1) is 0 Å². The summed E-state index contributed by atoms with van der Waals surface area (Å²) in [5.41, 5.74) is 0.970. The van der Waals surface area contributed by atoms with Crippen LogP contribution in [0.25, 0.3) is 0 Å². The fourth-order valence-electron chi connectivity index (χ4n) is 1.46. The van der Waals surface area contributed by atoms with Gasteiger partial charge in [-0.3, -0.25) is 0 Å². The molecule has 0 aliphatic heterocycles. The molecule has 0 fully saturated rings. The number of rotatable bonds is 0. The molecule has 2 aromatic carbocycles. The first-order chi connectivity index (χ1) is 11.4. The third kappa shape index (κ3) is 4.78. The fraction of sp³-hybridized carbons (Fsp3) is 0. The average molecular weight is 394 g/mol. The van der Waals surface area contributed by atoms with E-state index in [9.17, 15) is 0 Å². The van der Waals surface area contributed by atoms with Gasteiger partial charge < -0.3 is 0 Å². The topological polar surface area (TPSA) is 95.2 Å². The van der Waals surface area contributed by atoms with Gasteiger partial charge >= 0.3 is 0 Å². The SMILES string of the molecule is N#Cc1cc(Cl)c(Cl)cc1C#N.N#Cc1cc(Cl)c(Cl)cc1C#N. The van der Waals surface area contributed by atoms with Crippen LogP contribution in [0.2, 0.25) is 20.1 Å². The lowest BCUT2D eigenvalue weighted by Crippen LogP contribution is -1.83. The van der Waals surface area contributed by atoms with E-state index in [1.807, 2.05) is 24.3 Å². The van der Waals surface area contributed by atoms with Crippen LogP contribution >= 0.6 is 46.4 Å². The van der Waals surface area contributed by atoms with E-state index in [4.69, 9.17) is 67.5 Å². The first kappa shape index (κ1) is 19.6. The van der Waals surface area contributed by atoms with E-state index in [0.29, 0.717) is 0 Å². The maximum Gasteiger partial charge on any atom is 0.101 e. The van der Waals surface area contributed by atoms with Crippen LogP contribution in [0.4, 0.5) is 0 Å². The second-order valence-electron chi connectivity index (χ2n) is 4.07. The molecule has 0 aromatic heterocycles. The lowest BCUT2D eigenvalue weighted by molar-refractivity contribution is 1.43. The number of nitriles is 4. The fourth-order valence-corrected chi connectivity index (χ4v) is 2.12. The summed E-state index contributed by atoms with van der Waals surface area (Å²) in [7, 11) is 0. The van der Waals surface area contributed by atoms with Crippen molar-refractivity contribution >= 4 is 46.4 Å². The molecule has 4 nitrogen and oxygen atoms in total. The molecule has 0 spiro atoms. The van der Waals surface area contributed by atoms with Crippen molar-refractivity contribution < 1.29 is 0 Å². The van der Waals surface area contributed by atoms with Gasteiger partial charge in [-0.25, -0.2) is 0 Å². The zero-order chi connectivity index (χ0) is 18.3. The van der Waals surface area contributed by atoms with Crippen molar-refractivity contribution in [2.24, 2.45) is 0 Å². The highest BCUT2D eigenvalue weighted by molar-refractivity contribution is 6.42. The Kier molecular flexibility index (Phi) is 7.35. The molecule has 2 rings (SSSR count). The molecule has 0 aliphatic rings. The second kappa shape index (κ2) is 9.00. The molecule has 0 bridgehead atoms. The van der Waals surface area contributed by atoms with Gasteiger partial charge in [0.25, 0.3) is 0 Å². The molecule has 0 saturated heterocycles. The van der Waals surface area contributed by atoms with Gasteiger partial charge in [0.15, 0.2) is 0 Å². The maximum atomic E-state index is 8.56. The van der Waals surface area contributed by atoms with E-state index >= 15 is 0 Å². The smallest absolute Gasteiger partial charge is 0.101 e. The first-order valence-electron chi connectivity index (χ1n) is 5.96. The van der Waals surface area contributed by atoms with E-state index in [-0.39, 0.29) is 42.3 Å². The third-order valence-electron chi connectivity index (χ3n) is 2.60. The molecule has 24 heavy (non-hydrogen) atoms. The third-order valence-corrected chi connectivity index (χ3v) is 4.05. The molecule has 2 aromatic rings. The van der Waals surface area contributed by atoms with Crippen LogP contribution in [0.5, 0.6) is 0 Å². The van der Waals surface area contributed by atoms with E-state index in [2.05, 4.69) is 0 Å². The second-order valence-corrected chi connectivity index (χ2v) is 5.70. The normalized spacial score (nSPS) is 8.67. The standard InChI is InChI=1S/2C8H2Cl2N2/c2*9-7-1-5(3-11)6(4-12)2-8(7)10/h2*1-2H. The van der Waals surface area contributed by atoms with Gasteiger partial charge in [0.1, 0.15) is 24.3 Å². The number of hydrogen-bond donors (Lipinski definition) is 0. The van der Waals surface area contributed by atoms with Crippen molar-refractivity contribution in [1.82, 2.24) is 0 Å². The Morgan fingerprint density at radius 1 is 0.458 bits per heavy atom. The zero-order valence-corrected chi connectivity index (χ0v) is 14.6. The molecule has 0 aliphatic carbocycles. The molecule has 0 amide bonds. The minimum absolute atomic E-state index is 0.243. The molecule has 0 N–H and O–H groups in total. The van der Waals surface area contributed by atoms with Gasteiger partial charge in [0.05, 0.1) is 42.3 Å². The van der Waals surface area contributed by atoms with Crippen LogP contribution in [0.3, 0.4) is 0 Å². The quantitative estimate of drug-likeness (QED) is 0.592. The largest absolute Gasteiger partial charge is 0.192 e. The Morgan fingerprint density at radius 3 is 0.750 bits per heavy atom. The number of nitrogens with zero attached hydrogens (tertiary/aromatic N) is 4. The molecular weight excluding hydrogens is 390 g/mol. The van der Waals surface area contributed by atoms with Crippen LogP contribution in [-0.2, 0) is 0 Å². The Bertz CT molecular complexity index is 799. The predicted octanol–water partition coefficient (Wildman–Crippen LogP) is 5.47. The summed E-state index contributed by atoms with van der Waals surface area (Å²) < 4.78 is 0. The minimum Gasteiger partial charge on any atom is -0.192 e. The summed E-state index contributed by atoms with van der Waals surface area (Å²) in [5.74, 6) is 0. The lowest BCUT2D eigenvalue weighted by Gasteiger charge is -1.97. The van der Waals surface area contributed by atoms with Crippen molar-refractivity contribution in [3.63, 3.8) is 0 Å². The summed E-state index contributed by atoms with van der Waals surface area (Å²) in [5, 5.41) is 35.4. The lowest BCUT2D eigenvalue weighted by atomic mass is 10.1. The van der Waals surface area contributed by atoms with Crippen molar-refractivity contribution in [3.8, 4) is 24.3 Å². The molecule has 116 valence electrons. The molecule has 0 saturated carbocycles. The van der Waals surface area contributed by atoms with Gasteiger partial charge in [-0.05, 0) is 24.3 Å². The van der Waals surface area contributed by atoms with Gasteiger partial charge in [-0.2, -0.15) is 21.0 Å². The monoisotopic (exact) mass is 392 g/mol. The van der Waals surface area contributed by atoms with Crippen LogP contribution in [0, 0.1) is 45.3 Å². The van der Waals surface area contributed by atoms with Crippen LogP contribution in [-0.4, -0.2) is 0 Å². The molecule has 0 atom stereocenters. The van der Waals surface area contributed by atoms with E-state index in [1.54, 1.807) is 0 Å². The summed E-state index contributed by atoms with van der Waals surface area (Å²) in [6.07, 6.45) is 0. The van der Waals surface area contributed by atoms with Crippen molar-refractivity contribution in [2.45, 2.75) is 0 Å². The summed E-state index contributed by atoms with van der Waals surface area (Å²) in [6, 6.07) is 12.9. The zero-order valence-electron chi connectivity index (χ0n) is 11.6. The predicted molar refractivity (Wildman–Crippen MR) is 91.8 cm³/mol. The van der Waals surface area contributed by atoms with Crippen molar-refractivity contribution in [2.75, 3.05) is 0 Å². The molecule has 0 unspecified atom stereocenters. The highest BCUT2D eigenvalue weighted by Gasteiger charge is 2.06.